The highest BCUT2D eigenvalue weighted by Gasteiger charge is 2.11. The zero-order chi connectivity index (χ0) is 16.8. The molecule has 22 heavy (non-hydrogen) atoms. The maximum absolute atomic E-state index is 11.8. The quantitative estimate of drug-likeness (QED) is 0.791. The van der Waals surface area contributed by atoms with Crippen molar-refractivity contribution in [3.63, 3.8) is 0 Å². The van der Waals surface area contributed by atoms with Crippen molar-refractivity contribution in [2.24, 2.45) is 10.4 Å². The monoisotopic (exact) mass is 306 g/mol. The lowest BCUT2D eigenvalue weighted by atomic mass is 9.93. The van der Waals surface area contributed by atoms with Gasteiger partial charge in [0.15, 0.2) is 0 Å². The van der Waals surface area contributed by atoms with Crippen LogP contribution in [0.1, 0.15) is 37.6 Å². The van der Waals surface area contributed by atoms with Gasteiger partial charge in [0.05, 0.1) is 18.4 Å². The van der Waals surface area contributed by atoms with Crippen LogP contribution in [0.25, 0.3) is 0 Å². The summed E-state index contributed by atoms with van der Waals surface area (Å²) in [7, 11) is 1.41. The molecule has 0 radical (unpaired) electrons. The fraction of sp³-hybridized carbons (Fsp3) is 0.438. The second-order valence-electron chi connectivity index (χ2n) is 6.06. The molecule has 6 heteroatoms. The third-order valence-electron chi connectivity index (χ3n) is 2.79. The van der Waals surface area contributed by atoms with Crippen LogP contribution in [0.15, 0.2) is 23.2 Å². The molecule has 0 atom stereocenters. The molecule has 0 aliphatic carbocycles. The molecular weight excluding hydrogens is 284 g/mol. The summed E-state index contributed by atoms with van der Waals surface area (Å²) in [6.07, 6.45) is 2.53. The molecule has 0 bridgehead atoms. The van der Waals surface area contributed by atoms with Crippen molar-refractivity contribution in [1.29, 1.82) is 0 Å². The Kier molecular flexibility index (Phi) is 6.10. The van der Waals surface area contributed by atoms with Crippen molar-refractivity contribution in [3.8, 4) is 5.75 Å². The Morgan fingerprint density at radius 1 is 1.36 bits per heavy atom. The number of ether oxygens (including phenoxy) is 1. The number of benzene rings is 1. The minimum absolute atomic E-state index is 0.0138. The van der Waals surface area contributed by atoms with Gasteiger partial charge in [0.2, 0.25) is 5.91 Å². The van der Waals surface area contributed by atoms with E-state index in [1.807, 2.05) is 0 Å². The predicted molar refractivity (Wildman–Crippen MR) is 86.0 cm³/mol. The summed E-state index contributed by atoms with van der Waals surface area (Å²) in [5, 5.41) is 11.6. The summed E-state index contributed by atoms with van der Waals surface area (Å²) in [6, 6.07) is 4.27. The van der Waals surface area contributed by atoms with Gasteiger partial charge in [0.25, 0.3) is 0 Å². The molecule has 0 saturated carbocycles. The van der Waals surface area contributed by atoms with Crippen molar-refractivity contribution in [3.05, 3.63) is 23.8 Å². The number of carbonyl (C=O) groups is 2. The average Bonchev–Trinajstić information content (AvgIpc) is 2.42. The van der Waals surface area contributed by atoms with Gasteiger partial charge in [-0.3, -0.25) is 9.79 Å². The highest BCUT2D eigenvalue weighted by atomic mass is 16.5. The third-order valence-corrected chi connectivity index (χ3v) is 2.79. The average molecular weight is 306 g/mol. The first-order valence-electron chi connectivity index (χ1n) is 6.92. The Hall–Kier alpha value is -2.37. The van der Waals surface area contributed by atoms with E-state index >= 15 is 0 Å². The van der Waals surface area contributed by atoms with Crippen LogP contribution in [0, 0.1) is 5.41 Å². The van der Waals surface area contributed by atoms with Crippen LogP contribution in [0.5, 0.6) is 5.75 Å². The number of nitrogens with one attached hydrogen (secondary N) is 1. The SMILES string of the molecule is COc1cc(C(=O)O)ccc1NC(=O)CN=CCC(C)(C)C. The van der Waals surface area contributed by atoms with Crippen LogP contribution in [0.4, 0.5) is 5.69 Å². The van der Waals surface area contributed by atoms with E-state index in [1.165, 1.54) is 25.3 Å². The normalized spacial score (nSPS) is 11.5. The number of aromatic carboxylic acids is 1. The van der Waals surface area contributed by atoms with Crippen LogP contribution in [0.3, 0.4) is 0 Å². The number of carboxylic acid groups (broad SMARTS) is 1. The zero-order valence-corrected chi connectivity index (χ0v) is 13.3. The van der Waals surface area contributed by atoms with E-state index in [-0.39, 0.29) is 23.4 Å². The number of nitrogens with zero attached hydrogens (tertiary/aromatic N) is 1. The van der Waals surface area contributed by atoms with E-state index < -0.39 is 5.97 Å². The Labute approximate surface area is 130 Å². The van der Waals surface area contributed by atoms with E-state index in [2.05, 4.69) is 31.1 Å². The van der Waals surface area contributed by atoms with E-state index in [0.717, 1.165) is 6.42 Å². The maximum atomic E-state index is 11.8. The van der Waals surface area contributed by atoms with Gasteiger partial charge in [0.1, 0.15) is 12.3 Å². The molecule has 0 saturated heterocycles. The van der Waals surface area contributed by atoms with E-state index in [9.17, 15) is 9.59 Å². The lowest BCUT2D eigenvalue weighted by Crippen LogP contribution is -2.16. The number of methoxy groups -OCH3 is 1. The topological polar surface area (TPSA) is 88.0 Å². The van der Waals surface area contributed by atoms with Gasteiger partial charge < -0.3 is 15.2 Å². The largest absolute Gasteiger partial charge is 0.495 e. The molecule has 2 N–H and O–H groups in total. The van der Waals surface area contributed by atoms with Crippen LogP contribution in [-0.4, -0.2) is 36.9 Å². The van der Waals surface area contributed by atoms with E-state index in [0.29, 0.717) is 11.4 Å². The van der Waals surface area contributed by atoms with Crippen molar-refractivity contribution in [1.82, 2.24) is 0 Å². The number of aliphatic imine (C=N–C) groups is 1. The Morgan fingerprint density at radius 3 is 2.59 bits per heavy atom. The van der Waals surface area contributed by atoms with Gasteiger partial charge in [-0.15, -0.1) is 0 Å². The Morgan fingerprint density at radius 2 is 2.05 bits per heavy atom. The standard InChI is InChI=1S/C16H22N2O4/c1-16(2,3)7-8-17-10-14(19)18-12-6-5-11(15(20)21)9-13(12)22-4/h5-6,8-9H,7,10H2,1-4H3,(H,18,19)(H,20,21). The first kappa shape index (κ1) is 17.7. The number of hydrogen-bond donors (Lipinski definition) is 2. The van der Waals surface area contributed by atoms with Gasteiger partial charge in [-0.25, -0.2) is 4.79 Å². The molecule has 0 aliphatic rings. The van der Waals surface area contributed by atoms with Crippen LogP contribution < -0.4 is 10.1 Å². The number of rotatable bonds is 6. The molecule has 120 valence electrons. The van der Waals surface area contributed by atoms with Crippen LogP contribution >= 0.6 is 0 Å². The van der Waals surface area contributed by atoms with Crippen molar-refractivity contribution >= 4 is 23.8 Å². The van der Waals surface area contributed by atoms with E-state index in [1.54, 1.807) is 6.21 Å². The molecule has 1 aromatic rings. The molecule has 0 heterocycles. The molecule has 0 unspecified atom stereocenters. The van der Waals surface area contributed by atoms with Crippen LogP contribution in [-0.2, 0) is 4.79 Å². The number of hydrogen-bond acceptors (Lipinski definition) is 4. The number of amides is 1. The van der Waals surface area contributed by atoms with E-state index in [4.69, 9.17) is 9.84 Å². The molecule has 0 aromatic heterocycles. The van der Waals surface area contributed by atoms with Gasteiger partial charge in [-0.1, -0.05) is 20.8 Å². The molecule has 1 amide bonds. The second-order valence-corrected chi connectivity index (χ2v) is 6.06. The van der Waals surface area contributed by atoms with Gasteiger partial charge in [-0.05, 0) is 36.2 Å². The number of anilines is 1. The molecule has 0 spiro atoms. The molecular formula is C16H22N2O4. The van der Waals surface area contributed by atoms with Crippen molar-refractivity contribution < 1.29 is 19.4 Å². The highest BCUT2D eigenvalue weighted by Crippen LogP contribution is 2.25. The smallest absolute Gasteiger partial charge is 0.335 e. The summed E-state index contributed by atoms with van der Waals surface area (Å²) in [4.78, 5) is 26.8. The second kappa shape index (κ2) is 7.59. The molecule has 0 fully saturated rings. The lowest BCUT2D eigenvalue weighted by Gasteiger charge is -2.13. The third kappa shape index (κ3) is 5.95. The minimum atomic E-state index is -1.05. The summed E-state index contributed by atoms with van der Waals surface area (Å²) in [5.74, 6) is -1.04. The zero-order valence-electron chi connectivity index (χ0n) is 13.3. The van der Waals surface area contributed by atoms with Gasteiger partial charge in [0, 0.05) is 0 Å². The lowest BCUT2D eigenvalue weighted by molar-refractivity contribution is -0.114. The fourth-order valence-electron chi connectivity index (χ4n) is 1.60. The predicted octanol–water partition coefficient (Wildman–Crippen LogP) is 2.84. The fourth-order valence-corrected chi connectivity index (χ4v) is 1.60. The first-order chi connectivity index (χ1) is 10.2. The molecule has 1 rings (SSSR count). The minimum Gasteiger partial charge on any atom is -0.495 e. The van der Waals surface area contributed by atoms with Crippen molar-refractivity contribution in [2.75, 3.05) is 19.0 Å². The maximum Gasteiger partial charge on any atom is 0.335 e. The summed E-state index contributed by atoms with van der Waals surface area (Å²) < 4.78 is 5.09. The first-order valence-corrected chi connectivity index (χ1v) is 6.92. The molecule has 1 aromatic carbocycles. The molecule has 0 aliphatic heterocycles. The summed E-state index contributed by atoms with van der Waals surface area (Å²) in [6.45, 7) is 6.29. The van der Waals surface area contributed by atoms with Crippen LogP contribution in [0.2, 0.25) is 0 Å². The number of carboxylic acids is 1. The molecule has 6 nitrogen and oxygen atoms in total. The Balaban J connectivity index is 2.66. The highest BCUT2D eigenvalue weighted by molar-refractivity contribution is 5.96. The number of carbonyl (C=O) groups excluding carboxylic acids is 1. The van der Waals surface area contributed by atoms with Gasteiger partial charge in [-0.2, -0.15) is 0 Å². The van der Waals surface area contributed by atoms with Gasteiger partial charge >= 0.3 is 5.97 Å². The summed E-state index contributed by atoms with van der Waals surface area (Å²) in [5.41, 5.74) is 0.650. The Bertz CT molecular complexity index is 574. The van der Waals surface area contributed by atoms with Crippen molar-refractivity contribution in [2.45, 2.75) is 27.2 Å². The summed E-state index contributed by atoms with van der Waals surface area (Å²) >= 11 is 0.